The second kappa shape index (κ2) is 12.1. The van der Waals surface area contributed by atoms with E-state index in [-0.39, 0.29) is 24.6 Å². The molecule has 2 aromatic heterocycles. The average molecular weight is 588 g/mol. The number of hydrogen-bond acceptors (Lipinski definition) is 4. The Kier molecular flexibility index (Phi) is 7.94. The number of nitrogens with zero attached hydrogens (tertiary/aromatic N) is 3. The highest BCUT2D eigenvalue weighted by atomic mass is 32.1. The largest absolute Gasteiger partial charge is 0.484 e. The molecule has 0 saturated carbocycles. The van der Waals surface area contributed by atoms with Gasteiger partial charge < -0.3 is 24.8 Å². The Morgan fingerprint density at radius 2 is 1.60 bits per heavy atom. The summed E-state index contributed by atoms with van der Waals surface area (Å²) >= 11 is 5.95. The predicted octanol–water partition coefficient (Wildman–Crippen LogP) is 6.99. The first kappa shape index (κ1) is 28.2. The Bertz CT molecular complexity index is 1740. The fourth-order valence-corrected chi connectivity index (χ4v) is 6.04. The zero-order valence-electron chi connectivity index (χ0n) is 24.3. The number of aromatic nitrogens is 2. The number of para-hydroxylation sites is 1. The highest BCUT2D eigenvalue weighted by molar-refractivity contribution is 7.80. The standard InChI is InChI=1S/C35H33N5O2S/c1-23-12-16-27(17-13-23)39-24(2)21-30(25(39)3)34-33(31-11-7-8-20-36-31)38-35(43)40(34)28-18-14-26(15-19-28)37-32(41)22-42-29-9-5-4-6-10-29/h4-21,33-34H,22H2,1-3H3,(H,37,41)(H,38,43)/t33-,34+/m1/s1. The molecule has 2 atom stereocenters. The van der Waals surface area contributed by atoms with Crippen molar-refractivity contribution in [1.29, 1.82) is 0 Å². The number of thiocarbonyl (C=S) groups is 1. The minimum absolute atomic E-state index is 0.0731. The van der Waals surface area contributed by atoms with E-state index in [4.69, 9.17) is 21.9 Å². The van der Waals surface area contributed by atoms with Gasteiger partial charge in [-0.25, -0.2) is 0 Å². The number of carbonyl (C=O) groups excluding carboxylic acids is 1. The Morgan fingerprint density at radius 3 is 2.30 bits per heavy atom. The maximum absolute atomic E-state index is 12.5. The van der Waals surface area contributed by atoms with Crippen LogP contribution in [0.5, 0.6) is 5.75 Å². The number of benzene rings is 3. The number of ether oxygens (including phenoxy) is 1. The summed E-state index contributed by atoms with van der Waals surface area (Å²) in [5.41, 5.74) is 8.31. The van der Waals surface area contributed by atoms with Crippen molar-refractivity contribution in [2.45, 2.75) is 32.9 Å². The topological polar surface area (TPSA) is 71.4 Å². The van der Waals surface area contributed by atoms with Crippen molar-refractivity contribution >= 4 is 34.6 Å². The number of aryl methyl sites for hydroxylation is 2. The molecule has 216 valence electrons. The second-order valence-corrected chi connectivity index (χ2v) is 11.1. The van der Waals surface area contributed by atoms with Crippen LogP contribution >= 0.6 is 12.2 Å². The Labute approximate surface area is 257 Å². The van der Waals surface area contributed by atoms with Gasteiger partial charge in [0.05, 0.1) is 17.8 Å². The molecule has 1 aliphatic heterocycles. The van der Waals surface area contributed by atoms with Crippen molar-refractivity contribution in [3.05, 3.63) is 138 Å². The van der Waals surface area contributed by atoms with Gasteiger partial charge in [0.25, 0.3) is 5.91 Å². The summed E-state index contributed by atoms with van der Waals surface area (Å²) < 4.78 is 7.87. The molecule has 3 heterocycles. The van der Waals surface area contributed by atoms with E-state index in [2.05, 4.69) is 71.2 Å². The molecular formula is C35H33N5O2S. The summed E-state index contributed by atoms with van der Waals surface area (Å²) in [5.74, 6) is 0.421. The highest BCUT2D eigenvalue weighted by Gasteiger charge is 2.42. The lowest BCUT2D eigenvalue weighted by Gasteiger charge is -2.28. The summed E-state index contributed by atoms with van der Waals surface area (Å²) in [6.45, 7) is 6.32. The van der Waals surface area contributed by atoms with Crippen molar-refractivity contribution in [1.82, 2.24) is 14.9 Å². The minimum atomic E-state index is -0.230. The third kappa shape index (κ3) is 5.87. The van der Waals surface area contributed by atoms with Gasteiger partial charge in [-0.15, -0.1) is 0 Å². The fourth-order valence-electron chi connectivity index (χ4n) is 5.70. The molecule has 0 bridgehead atoms. The first-order chi connectivity index (χ1) is 20.9. The van der Waals surface area contributed by atoms with E-state index in [9.17, 15) is 4.79 Å². The van der Waals surface area contributed by atoms with Crippen molar-refractivity contribution in [3.8, 4) is 11.4 Å². The molecule has 1 fully saturated rings. The normalized spacial score (nSPS) is 16.2. The van der Waals surface area contributed by atoms with Gasteiger partial charge in [-0.2, -0.15) is 0 Å². The molecule has 1 amide bonds. The predicted molar refractivity (Wildman–Crippen MR) is 175 cm³/mol. The molecule has 1 aliphatic rings. The maximum Gasteiger partial charge on any atom is 0.262 e. The summed E-state index contributed by atoms with van der Waals surface area (Å²) in [6, 6.07) is 33.5. The lowest BCUT2D eigenvalue weighted by atomic mass is 9.96. The molecule has 43 heavy (non-hydrogen) atoms. The highest BCUT2D eigenvalue weighted by Crippen LogP contribution is 2.44. The Hall–Kier alpha value is -4.95. The van der Waals surface area contributed by atoms with Crippen molar-refractivity contribution in [2.75, 3.05) is 16.8 Å². The van der Waals surface area contributed by atoms with Gasteiger partial charge in [0.2, 0.25) is 0 Å². The fraction of sp³-hybridized carbons (Fsp3) is 0.171. The van der Waals surface area contributed by atoms with Crippen LogP contribution in [0.2, 0.25) is 0 Å². The number of pyridine rings is 1. The van der Waals surface area contributed by atoms with Gasteiger partial charge in [0, 0.05) is 34.6 Å². The van der Waals surface area contributed by atoms with Crippen LogP contribution in [0.3, 0.4) is 0 Å². The number of amides is 1. The van der Waals surface area contributed by atoms with Gasteiger partial charge in [0.1, 0.15) is 5.75 Å². The van der Waals surface area contributed by atoms with Gasteiger partial charge in [0.15, 0.2) is 11.7 Å². The third-order valence-corrected chi connectivity index (χ3v) is 8.04. The quantitative estimate of drug-likeness (QED) is 0.191. The van der Waals surface area contributed by atoms with Crippen LogP contribution in [-0.2, 0) is 4.79 Å². The Morgan fingerprint density at radius 1 is 0.907 bits per heavy atom. The van der Waals surface area contributed by atoms with Crippen LogP contribution in [0.4, 0.5) is 11.4 Å². The lowest BCUT2D eigenvalue weighted by Crippen LogP contribution is -2.29. The molecule has 7 nitrogen and oxygen atoms in total. The number of anilines is 2. The van der Waals surface area contributed by atoms with E-state index in [0.29, 0.717) is 16.5 Å². The summed E-state index contributed by atoms with van der Waals surface area (Å²) in [6.07, 6.45) is 1.81. The van der Waals surface area contributed by atoms with Gasteiger partial charge >= 0.3 is 0 Å². The molecular weight excluding hydrogens is 554 g/mol. The Balaban J connectivity index is 1.30. The number of hydrogen-bond donors (Lipinski definition) is 2. The molecule has 0 unspecified atom stereocenters. The van der Waals surface area contributed by atoms with E-state index >= 15 is 0 Å². The molecule has 0 spiro atoms. The smallest absolute Gasteiger partial charge is 0.262 e. The number of rotatable bonds is 8. The molecule has 3 aromatic carbocycles. The second-order valence-electron chi connectivity index (χ2n) is 10.7. The molecule has 2 N–H and O–H groups in total. The summed E-state index contributed by atoms with van der Waals surface area (Å²) in [5, 5.41) is 7.08. The number of carbonyl (C=O) groups is 1. The van der Waals surface area contributed by atoms with Crippen molar-refractivity contribution in [2.24, 2.45) is 0 Å². The zero-order chi connectivity index (χ0) is 29.9. The van der Waals surface area contributed by atoms with Gasteiger partial charge in [-0.1, -0.05) is 42.0 Å². The maximum atomic E-state index is 12.5. The number of nitrogens with one attached hydrogen (secondary N) is 2. The lowest BCUT2D eigenvalue weighted by molar-refractivity contribution is -0.118. The molecule has 0 aliphatic carbocycles. The third-order valence-electron chi connectivity index (χ3n) is 7.72. The van der Waals surface area contributed by atoms with Gasteiger partial charge in [-0.05, 0) is 105 Å². The van der Waals surface area contributed by atoms with E-state index in [0.717, 1.165) is 34.0 Å². The molecule has 8 heteroatoms. The van der Waals surface area contributed by atoms with Crippen LogP contribution in [0.25, 0.3) is 5.69 Å². The van der Waals surface area contributed by atoms with Crippen molar-refractivity contribution < 1.29 is 9.53 Å². The van der Waals surface area contributed by atoms with Crippen LogP contribution in [-0.4, -0.2) is 27.2 Å². The van der Waals surface area contributed by atoms with Crippen molar-refractivity contribution in [3.63, 3.8) is 0 Å². The summed E-state index contributed by atoms with van der Waals surface area (Å²) in [7, 11) is 0. The first-order valence-corrected chi connectivity index (χ1v) is 14.6. The summed E-state index contributed by atoms with van der Waals surface area (Å²) in [4.78, 5) is 19.4. The van der Waals surface area contributed by atoms with E-state index in [1.807, 2.05) is 79.0 Å². The van der Waals surface area contributed by atoms with E-state index < -0.39 is 0 Å². The average Bonchev–Trinajstić information content (AvgIpc) is 3.52. The SMILES string of the molecule is Cc1ccc(-n2c(C)cc([C@H]3[C@@H](c4ccccn4)NC(=S)N3c3ccc(NC(=O)COc4ccccc4)cc3)c2C)cc1. The monoisotopic (exact) mass is 587 g/mol. The van der Waals surface area contributed by atoms with Crippen LogP contribution < -0.4 is 20.3 Å². The van der Waals surface area contributed by atoms with Crippen LogP contribution in [0.1, 0.15) is 40.3 Å². The van der Waals surface area contributed by atoms with E-state index in [1.165, 1.54) is 5.56 Å². The van der Waals surface area contributed by atoms with Crippen LogP contribution in [0.15, 0.2) is 109 Å². The minimum Gasteiger partial charge on any atom is -0.484 e. The molecule has 5 aromatic rings. The van der Waals surface area contributed by atoms with E-state index in [1.54, 1.807) is 0 Å². The molecule has 0 radical (unpaired) electrons. The van der Waals surface area contributed by atoms with Crippen LogP contribution in [0, 0.1) is 20.8 Å². The first-order valence-electron chi connectivity index (χ1n) is 14.2. The van der Waals surface area contributed by atoms with Gasteiger partial charge in [-0.3, -0.25) is 9.78 Å². The molecule has 6 rings (SSSR count). The zero-order valence-corrected chi connectivity index (χ0v) is 25.1. The molecule has 1 saturated heterocycles.